The number of rotatable bonds is 5. The van der Waals surface area contributed by atoms with Crippen molar-refractivity contribution in [2.75, 3.05) is 6.61 Å². The molecule has 0 aromatic rings. The fraction of sp³-hybridized carbons (Fsp3) is 0.938. The molecule has 0 radical (unpaired) electrons. The van der Waals surface area contributed by atoms with E-state index >= 15 is 0 Å². The Kier molecular flexibility index (Phi) is 6.80. The molecule has 0 aromatic heterocycles. The highest BCUT2D eigenvalue weighted by atomic mass is 16.6. The molecule has 20 heavy (non-hydrogen) atoms. The molecule has 1 atom stereocenters. The fourth-order valence-electron chi connectivity index (χ4n) is 2.97. The number of amides is 1. The molecule has 0 aliphatic heterocycles. The number of hydrogen-bond acceptors (Lipinski definition) is 3. The Hall–Kier alpha value is -0.770. The lowest BCUT2D eigenvalue weighted by atomic mass is 9.78. The van der Waals surface area contributed by atoms with E-state index in [4.69, 9.17) is 4.74 Å². The first-order valence-electron chi connectivity index (χ1n) is 7.96. The van der Waals surface area contributed by atoms with Crippen LogP contribution in [0.3, 0.4) is 0 Å². The van der Waals surface area contributed by atoms with Crippen molar-refractivity contribution in [2.24, 2.45) is 11.8 Å². The normalized spacial score (nSPS) is 25.1. The van der Waals surface area contributed by atoms with E-state index in [1.54, 1.807) is 0 Å². The van der Waals surface area contributed by atoms with Crippen LogP contribution in [-0.4, -0.2) is 29.4 Å². The van der Waals surface area contributed by atoms with Crippen molar-refractivity contribution in [3.05, 3.63) is 0 Å². The number of aliphatic hydroxyl groups is 1. The molecule has 0 bridgehead atoms. The second kappa shape index (κ2) is 7.87. The highest BCUT2D eigenvalue weighted by Gasteiger charge is 2.29. The van der Waals surface area contributed by atoms with Crippen LogP contribution in [0.25, 0.3) is 0 Å². The van der Waals surface area contributed by atoms with Crippen LogP contribution in [0.5, 0.6) is 0 Å². The number of hydrogen-bond donors (Lipinski definition) is 2. The van der Waals surface area contributed by atoms with Crippen LogP contribution in [-0.2, 0) is 4.74 Å². The molecule has 1 aliphatic carbocycles. The zero-order valence-electron chi connectivity index (χ0n) is 13.4. The van der Waals surface area contributed by atoms with Gasteiger partial charge in [-0.1, -0.05) is 13.3 Å². The van der Waals surface area contributed by atoms with Crippen molar-refractivity contribution in [1.82, 2.24) is 5.32 Å². The van der Waals surface area contributed by atoms with Crippen LogP contribution in [0.1, 0.15) is 66.2 Å². The van der Waals surface area contributed by atoms with Gasteiger partial charge in [0.25, 0.3) is 0 Å². The molecule has 2 N–H and O–H groups in total. The molecule has 1 amide bonds. The predicted octanol–water partition coefficient (Wildman–Crippen LogP) is 3.48. The molecule has 4 heteroatoms. The third-order valence-electron chi connectivity index (χ3n) is 4.02. The standard InChI is InChI=1S/C16H31NO3/c1-5-6-14(17-15(19)20-16(2,3)4)13-9-7-12(11-18)8-10-13/h12-14,18H,5-11H2,1-4H3,(H,17,19)/t12?,13?,14-/m1/s1. The van der Waals surface area contributed by atoms with E-state index in [1.165, 1.54) is 0 Å². The molecule has 118 valence electrons. The zero-order chi connectivity index (χ0) is 15.2. The lowest BCUT2D eigenvalue weighted by Gasteiger charge is -2.34. The molecule has 4 nitrogen and oxygen atoms in total. The number of nitrogens with one attached hydrogen (secondary N) is 1. The lowest BCUT2D eigenvalue weighted by Crippen LogP contribution is -2.44. The summed E-state index contributed by atoms with van der Waals surface area (Å²) in [6, 6.07) is 0.203. The summed E-state index contributed by atoms with van der Waals surface area (Å²) in [5, 5.41) is 12.3. The highest BCUT2D eigenvalue weighted by molar-refractivity contribution is 5.68. The summed E-state index contributed by atoms with van der Waals surface area (Å²) in [5.74, 6) is 0.973. The minimum atomic E-state index is -0.449. The van der Waals surface area contributed by atoms with E-state index in [1.807, 2.05) is 20.8 Å². The molecule has 1 rings (SSSR count). The second-order valence-corrected chi connectivity index (χ2v) is 7.00. The fourth-order valence-corrected chi connectivity index (χ4v) is 2.97. The van der Waals surface area contributed by atoms with Gasteiger partial charge in [-0.3, -0.25) is 0 Å². The van der Waals surface area contributed by atoms with E-state index in [9.17, 15) is 9.90 Å². The number of carbonyl (C=O) groups excluding carboxylic acids is 1. The Morgan fingerprint density at radius 3 is 2.35 bits per heavy atom. The Morgan fingerprint density at radius 1 is 1.30 bits per heavy atom. The SMILES string of the molecule is CCC[C@@H](NC(=O)OC(C)(C)C)C1CCC(CO)CC1. The van der Waals surface area contributed by atoms with Crippen molar-refractivity contribution in [3.63, 3.8) is 0 Å². The van der Waals surface area contributed by atoms with Crippen molar-refractivity contribution in [1.29, 1.82) is 0 Å². The summed E-state index contributed by atoms with van der Waals surface area (Å²) in [5.41, 5.74) is -0.449. The molecule has 1 fully saturated rings. The van der Waals surface area contributed by atoms with Gasteiger partial charge >= 0.3 is 6.09 Å². The van der Waals surface area contributed by atoms with E-state index in [2.05, 4.69) is 12.2 Å². The first-order chi connectivity index (χ1) is 9.35. The Morgan fingerprint density at radius 2 is 1.90 bits per heavy atom. The molecular weight excluding hydrogens is 254 g/mol. The van der Waals surface area contributed by atoms with Crippen LogP contribution in [0.15, 0.2) is 0 Å². The van der Waals surface area contributed by atoms with Crippen molar-refractivity contribution >= 4 is 6.09 Å². The predicted molar refractivity (Wildman–Crippen MR) is 80.6 cm³/mol. The topological polar surface area (TPSA) is 58.6 Å². The third-order valence-corrected chi connectivity index (χ3v) is 4.02. The molecule has 1 aliphatic rings. The van der Waals surface area contributed by atoms with Crippen LogP contribution in [0, 0.1) is 11.8 Å². The molecule has 0 aromatic carbocycles. The van der Waals surface area contributed by atoms with Crippen molar-refractivity contribution in [2.45, 2.75) is 77.9 Å². The molecule has 1 saturated carbocycles. The minimum Gasteiger partial charge on any atom is -0.444 e. The van der Waals surface area contributed by atoms with Crippen molar-refractivity contribution < 1.29 is 14.6 Å². The third kappa shape index (κ3) is 6.12. The second-order valence-electron chi connectivity index (χ2n) is 7.00. The smallest absolute Gasteiger partial charge is 0.407 e. The maximum absolute atomic E-state index is 11.9. The van der Waals surface area contributed by atoms with E-state index in [-0.39, 0.29) is 12.1 Å². The summed E-state index contributed by atoms with van der Waals surface area (Å²) in [7, 11) is 0. The van der Waals surface area contributed by atoms with Crippen LogP contribution >= 0.6 is 0 Å². The van der Waals surface area contributed by atoms with Gasteiger partial charge in [0.2, 0.25) is 0 Å². The van der Waals surface area contributed by atoms with Gasteiger partial charge in [0.1, 0.15) is 5.60 Å². The highest BCUT2D eigenvalue weighted by Crippen LogP contribution is 2.32. The summed E-state index contributed by atoms with van der Waals surface area (Å²) < 4.78 is 5.36. The average molecular weight is 285 g/mol. The van der Waals surface area contributed by atoms with Crippen LogP contribution in [0.4, 0.5) is 4.79 Å². The van der Waals surface area contributed by atoms with E-state index < -0.39 is 5.60 Å². The van der Waals surface area contributed by atoms with Crippen LogP contribution in [0.2, 0.25) is 0 Å². The molecule has 0 heterocycles. The Balaban J connectivity index is 2.50. The van der Waals surface area contributed by atoms with Crippen LogP contribution < -0.4 is 5.32 Å². The summed E-state index contributed by atoms with van der Waals surface area (Å²) >= 11 is 0. The summed E-state index contributed by atoms with van der Waals surface area (Å²) in [4.78, 5) is 11.9. The lowest BCUT2D eigenvalue weighted by molar-refractivity contribution is 0.0462. The van der Waals surface area contributed by atoms with Crippen molar-refractivity contribution in [3.8, 4) is 0 Å². The molecule has 0 unspecified atom stereocenters. The average Bonchev–Trinajstić information content (AvgIpc) is 2.36. The van der Waals surface area contributed by atoms with Gasteiger partial charge < -0.3 is 15.2 Å². The van der Waals surface area contributed by atoms with E-state index in [0.717, 1.165) is 38.5 Å². The van der Waals surface area contributed by atoms with Gasteiger partial charge in [-0.05, 0) is 64.7 Å². The Bertz CT molecular complexity index is 291. The quantitative estimate of drug-likeness (QED) is 0.813. The largest absolute Gasteiger partial charge is 0.444 e. The van der Waals surface area contributed by atoms with Gasteiger partial charge in [0.05, 0.1) is 0 Å². The summed E-state index contributed by atoms with van der Waals surface area (Å²) in [6.07, 6.45) is 6.06. The number of carbonyl (C=O) groups is 1. The van der Waals surface area contributed by atoms with Gasteiger partial charge in [0, 0.05) is 12.6 Å². The maximum Gasteiger partial charge on any atom is 0.407 e. The molecular formula is C16H31NO3. The number of aliphatic hydroxyl groups excluding tert-OH is 1. The molecule has 0 saturated heterocycles. The minimum absolute atomic E-state index is 0.203. The molecule has 0 spiro atoms. The monoisotopic (exact) mass is 285 g/mol. The number of ether oxygens (including phenoxy) is 1. The van der Waals surface area contributed by atoms with Gasteiger partial charge in [-0.25, -0.2) is 4.79 Å². The first kappa shape index (κ1) is 17.3. The maximum atomic E-state index is 11.9. The first-order valence-corrected chi connectivity index (χ1v) is 7.96. The van der Waals surface area contributed by atoms with E-state index in [0.29, 0.717) is 18.4 Å². The van der Waals surface area contributed by atoms with Gasteiger partial charge in [-0.2, -0.15) is 0 Å². The van der Waals surface area contributed by atoms with Gasteiger partial charge in [-0.15, -0.1) is 0 Å². The number of alkyl carbamates (subject to hydrolysis) is 1. The van der Waals surface area contributed by atoms with Gasteiger partial charge in [0.15, 0.2) is 0 Å². The summed E-state index contributed by atoms with van der Waals surface area (Å²) in [6.45, 7) is 8.09. The Labute approximate surface area is 123 Å². The zero-order valence-corrected chi connectivity index (χ0v) is 13.4.